The molecule has 0 saturated carbocycles. The van der Waals surface area contributed by atoms with Crippen molar-refractivity contribution in [3.8, 4) is 0 Å². The Morgan fingerprint density at radius 1 is 1.06 bits per heavy atom. The lowest BCUT2D eigenvalue weighted by molar-refractivity contribution is -0.136. The number of likely N-dealkylation sites (N-methyl/N-ethyl adjacent to an activating group) is 1. The number of carbonyl (C=O) groups is 2. The van der Waals surface area contributed by atoms with Crippen molar-refractivity contribution < 1.29 is 14.3 Å². The normalized spacial score (nSPS) is 17.0. The van der Waals surface area contributed by atoms with E-state index in [2.05, 4.69) is 45.7 Å². The first-order valence-electron chi connectivity index (χ1n) is 11.2. The first kappa shape index (κ1) is 22.3. The molecule has 7 nitrogen and oxygen atoms in total. The molecule has 170 valence electrons. The van der Waals surface area contributed by atoms with Gasteiger partial charge in [-0.05, 0) is 54.7 Å². The van der Waals surface area contributed by atoms with Gasteiger partial charge in [-0.3, -0.25) is 14.5 Å². The van der Waals surface area contributed by atoms with E-state index >= 15 is 0 Å². The van der Waals surface area contributed by atoms with Crippen LogP contribution in [0.25, 0.3) is 0 Å². The number of nitrogens with one attached hydrogen (secondary N) is 2. The molecule has 32 heavy (non-hydrogen) atoms. The quantitative estimate of drug-likeness (QED) is 0.705. The third kappa shape index (κ3) is 4.79. The fourth-order valence-electron chi connectivity index (χ4n) is 4.48. The van der Waals surface area contributed by atoms with Crippen LogP contribution in [0.5, 0.6) is 0 Å². The van der Waals surface area contributed by atoms with E-state index in [1.165, 1.54) is 11.3 Å². The van der Waals surface area contributed by atoms with Crippen LogP contribution in [0.1, 0.15) is 28.3 Å². The summed E-state index contributed by atoms with van der Waals surface area (Å²) in [6.07, 6.45) is 1.03. The van der Waals surface area contributed by atoms with Gasteiger partial charge < -0.3 is 20.3 Å². The largest absolute Gasteiger partial charge is 0.379 e. The Morgan fingerprint density at radius 3 is 2.62 bits per heavy atom. The Morgan fingerprint density at radius 2 is 1.84 bits per heavy atom. The third-order valence-corrected chi connectivity index (χ3v) is 6.62. The van der Waals surface area contributed by atoms with Gasteiger partial charge in [0.2, 0.25) is 0 Å². The van der Waals surface area contributed by atoms with Crippen molar-refractivity contribution in [3.63, 3.8) is 0 Å². The van der Waals surface area contributed by atoms with Crippen molar-refractivity contribution in [3.05, 3.63) is 58.7 Å². The van der Waals surface area contributed by atoms with Crippen molar-refractivity contribution in [2.45, 2.75) is 26.3 Å². The zero-order valence-corrected chi connectivity index (χ0v) is 19.1. The maximum atomic E-state index is 12.6. The van der Waals surface area contributed by atoms with Gasteiger partial charge in [-0.2, -0.15) is 0 Å². The first-order valence-corrected chi connectivity index (χ1v) is 11.2. The molecule has 2 amide bonds. The molecule has 1 saturated heterocycles. The summed E-state index contributed by atoms with van der Waals surface area (Å²) in [5.74, 6) is -1.26. The molecule has 2 aliphatic heterocycles. The molecule has 2 heterocycles. The molecule has 1 fully saturated rings. The van der Waals surface area contributed by atoms with Crippen molar-refractivity contribution in [1.29, 1.82) is 0 Å². The van der Waals surface area contributed by atoms with Crippen LogP contribution in [-0.2, 0) is 20.7 Å². The van der Waals surface area contributed by atoms with Crippen molar-refractivity contribution in [2.24, 2.45) is 0 Å². The van der Waals surface area contributed by atoms with E-state index in [-0.39, 0.29) is 6.04 Å². The van der Waals surface area contributed by atoms with E-state index in [1.54, 1.807) is 0 Å². The van der Waals surface area contributed by atoms with Crippen LogP contribution in [0.15, 0.2) is 36.4 Å². The number of nitrogens with zero attached hydrogens (tertiary/aromatic N) is 2. The highest BCUT2D eigenvalue weighted by Crippen LogP contribution is 2.31. The lowest BCUT2D eigenvalue weighted by Crippen LogP contribution is -2.45. The number of carbonyl (C=O) groups excluding carboxylic acids is 2. The molecule has 4 rings (SSSR count). The second-order valence-electron chi connectivity index (χ2n) is 8.64. The number of amides is 2. The number of aryl methyl sites for hydroxylation is 1. The van der Waals surface area contributed by atoms with Gasteiger partial charge in [0, 0.05) is 44.6 Å². The Bertz CT molecular complexity index is 1000. The Hall–Kier alpha value is -2.90. The topological polar surface area (TPSA) is 73.9 Å². The maximum Gasteiger partial charge on any atom is 0.313 e. The first-order chi connectivity index (χ1) is 15.4. The number of rotatable bonds is 5. The minimum Gasteiger partial charge on any atom is -0.379 e. The summed E-state index contributed by atoms with van der Waals surface area (Å²) in [4.78, 5) is 29.7. The highest BCUT2D eigenvalue weighted by Gasteiger charge is 2.26. The standard InChI is InChI=1S/C25H32N4O3/c1-17-5-4-6-21(18(17)2)27-25(31)24(30)26-16-23(29-11-13-32-14-12-29)19-7-8-22-20(15-19)9-10-28(22)3/h4-8,15,23H,9-14,16H2,1-3H3,(H,26,30)(H,27,31)/t23-/m1/s1. The highest BCUT2D eigenvalue weighted by molar-refractivity contribution is 6.39. The average Bonchev–Trinajstić information content (AvgIpc) is 3.17. The Labute approximate surface area is 189 Å². The van der Waals surface area contributed by atoms with Gasteiger partial charge in [0.05, 0.1) is 19.3 Å². The van der Waals surface area contributed by atoms with Crippen LogP contribution in [0.2, 0.25) is 0 Å². The molecule has 7 heteroatoms. The van der Waals surface area contributed by atoms with Crippen LogP contribution in [0.4, 0.5) is 11.4 Å². The summed E-state index contributed by atoms with van der Waals surface area (Å²) in [6, 6.07) is 12.2. The number of benzene rings is 2. The summed E-state index contributed by atoms with van der Waals surface area (Å²) >= 11 is 0. The second kappa shape index (κ2) is 9.71. The number of ether oxygens (including phenoxy) is 1. The zero-order chi connectivity index (χ0) is 22.7. The number of fused-ring (bicyclic) bond motifs is 1. The van der Waals surface area contributed by atoms with Crippen LogP contribution >= 0.6 is 0 Å². The minimum absolute atomic E-state index is 0.00689. The fraction of sp³-hybridized carbons (Fsp3) is 0.440. The van der Waals surface area contributed by atoms with E-state index in [4.69, 9.17) is 4.74 Å². The van der Waals surface area contributed by atoms with Crippen molar-refractivity contribution in [1.82, 2.24) is 10.2 Å². The smallest absolute Gasteiger partial charge is 0.313 e. The SMILES string of the molecule is Cc1cccc(NC(=O)C(=O)NC[C@H](c2ccc3c(c2)CCN3C)N2CCOCC2)c1C. The number of morpholine rings is 1. The maximum absolute atomic E-state index is 12.6. The van der Waals surface area contributed by atoms with Crippen LogP contribution in [0.3, 0.4) is 0 Å². The summed E-state index contributed by atoms with van der Waals surface area (Å²) < 4.78 is 5.53. The van der Waals surface area contributed by atoms with Crippen molar-refractivity contribution in [2.75, 3.05) is 56.7 Å². The average molecular weight is 437 g/mol. The number of hydrogen-bond donors (Lipinski definition) is 2. The lowest BCUT2D eigenvalue weighted by Gasteiger charge is -2.35. The van der Waals surface area contributed by atoms with Crippen molar-refractivity contribution >= 4 is 23.2 Å². The monoisotopic (exact) mass is 436 g/mol. The molecular weight excluding hydrogens is 404 g/mol. The van der Waals surface area contributed by atoms with Gasteiger partial charge in [0.25, 0.3) is 0 Å². The Kier molecular flexibility index (Phi) is 6.77. The summed E-state index contributed by atoms with van der Waals surface area (Å²) in [5, 5.41) is 5.61. The molecule has 0 aromatic heterocycles. The van der Waals surface area contributed by atoms with Gasteiger partial charge >= 0.3 is 11.8 Å². The molecule has 0 radical (unpaired) electrons. The van der Waals surface area contributed by atoms with Crippen LogP contribution in [-0.4, -0.2) is 63.2 Å². The van der Waals surface area contributed by atoms with Gasteiger partial charge in [0.15, 0.2) is 0 Å². The predicted molar refractivity (Wildman–Crippen MR) is 126 cm³/mol. The molecule has 0 unspecified atom stereocenters. The third-order valence-electron chi connectivity index (χ3n) is 6.62. The predicted octanol–water partition coefficient (Wildman–Crippen LogP) is 2.42. The van der Waals surface area contributed by atoms with Gasteiger partial charge in [0.1, 0.15) is 0 Å². The van der Waals surface area contributed by atoms with Crippen LogP contribution in [0, 0.1) is 13.8 Å². The van der Waals surface area contributed by atoms with E-state index in [1.807, 2.05) is 32.0 Å². The lowest BCUT2D eigenvalue weighted by atomic mass is 10.0. The highest BCUT2D eigenvalue weighted by atomic mass is 16.5. The molecule has 1 atom stereocenters. The Balaban J connectivity index is 1.46. The van der Waals surface area contributed by atoms with E-state index in [0.717, 1.165) is 42.7 Å². The van der Waals surface area contributed by atoms with Crippen LogP contribution < -0.4 is 15.5 Å². The molecule has 2 aliphatic rings. The number of hydrogen-bond acceptors (Lipinski definition) is 5. The molecular formula is C25H32N4O3. The summed E-state index contributed by atoms with van der Waals surface area (Å²) in [5.41, 5.74) is 6.46. The van der Waals surface area contributed by atoms with E-state index in [9.17, 15) is 9.59 Å². The van der Waals surface area contributed by atoms with Gasteiger partial charge in [-0.1, -0.05) is 24.3 Å². The fourth-order valence-corrected chi connectivity index (χ4v) is 4.48. The molecule has 0 aliphatic carbocycles. The molecule has 2 aromatic carbocycles. The van der Waals surface area contributed by atoms with E-state index in [0.29, 0.717) is 25.4 Å². The summed E-state index contributed by atoms with van der Waals surface area (Å²) in [7, 11) is 2.11. The zero-order valence-electron chi connectivity index (χ0n) is 19.1. The molecule has 0 bridgehead atoms. The molecule has 2 aromatic rings. The minimum atomic E-state index is -0.644. The molecule has 2 N–H and O–H groups in total. The van der Waals surface area contributed by atoms with E-state index < -0.39 is 11.8 Å². The summed E-state index contributed by atoms with van der Waals surface area (Å²) in [6.45, 7) is 8.24. The van der Waals surface area contributed by atoms with Gasteiger partial charge in [-0.15, -0.1) is 0 Å². The molecule has 0 spiro atoms. The van der Waals surface area contributed by atoms with Gasteiger partial charge in [-0.25, -0.2) is 0 Å². The number of anilines is 2. The second-order valence-corrected chi connectivity index (χ2v) is 8.64.